The fourth-order valence-electron chi connectivity index (χ4n) is 11.5. The Morgan fingerprint density at radius 3 is 1.24 bits per heavy atom. The third kappa shape index (κ3) is 28.1. The summed E-state index contributed by atoms with van der Waals surface area (Å²) in [5.41, 5.74) is 6.44. The highest BCUT2D eigenvalue weighted by Crippen LogP contribution is 2.38. The van der Waals surface area contributed by atoms with Crippen molar-refractivity contribution in [2.75, 3.05) is 38.5 Å². The highest BCUT2D eigenvalue weighted by molar-refractivity contribution is 6.31. The molecule has 5 heterocycles. The lowest BCUT2D eigenvalue weighted by Crippen LogP contribution is -2.14. The van der Waals surface area contributed by atoms with Gasteiger partial charge in [-0.2, -0.15) is 26.3 Å². The number of rotatable bonds is 20. The second-order valence-corrected chi connectivity index (χ2v) is 27.8. The maximum absolute atomic E-state index is 14.0. The van der Waals surface area contributed by atoms with Gasteiger partial charge in [0.25, 0.3) is 29.5 Å². The molecule has 5 N–H and O–H groups in total. The Morgan fingerprint density at radius 2 is 0.756 bits per heavy atom. The molecule has 0 unspecified atom stereocenters. The van der Waals surface area contributed by atoms with Gasteiger partial charge in [-0.25, -0.2) is 8.78 Å². The van der Waals surface area contributed by atoms with E-state index in [4.69, 9.17) is 37.0 Å². The average Bonchev–Trinajstić information content (AvgIpc) is 0.839. The number of nitrogens with zero attached hydrogens (tertiary/aromatic N) is 6. The lowest BCUT2D eigenvalue weighted by Gasteiger charge is -2.19. The number of nitrogens with one attached hydrogen (secondary N) is 5. The summed E-state index contributed by atoms with van der Waals surface area (Å²) in [5, 5.41) is 13.7. The van der Waals surface area contributed by atoms with Gasteiger partial charge in [-0.1, -0.05) is 95.4 Å². The second kappa shape index (κ2) is 43.9. The van der Waals surface area contributed by atoms with Crippen molar-refractivity contribution in [3.8, 4) is 58.3 Å². The molecule has 29 heteroatoms. The minimum atomic E-state index is -4.61. The number of benzene rings is 10. The van der Waals surface area contributed by atoms with E-state index in [9.17, 15) is 59.1 Å². The van der Waals surface area contributed by atoms with Crippen LogP contribution in [0.4, 0.5) is 74.9 Å². The molecular formula is C98H74ClF8N11O9. The van der Waals surface area contributed by atoms with Gasteiger partial charge in [0.15, 0.2) is 0 Å². The molecule has 0 saturated heterocycles. The molecule has 0 aliphatic carbocycles. The summed E-state index contributed by atoms with van der Waals surface area (Å²) in [4.78, 5) is 83.0. The maximum Gasteiger partial charge on any atom is 0.418 e. The van der Waals surface area contributed by atoms with Crippen molar-refractivity contribution >= 4 is 80.9 Å². The van der Waals surface area contributed by atoms with Crippen LogP contribution >= 0.6 is 11.6 Å². The fourth-order valence-corrected chi connectivity index (χ4v) is 11.7. The van der Waals surface area contributed by atoms with Crippen LogP contribution in [0.1, 0.15) is 85.2 Å². The standard InChI is InChI=1S/C21H13F3N2O2.C20H15F3N2O2.C20H19N3O.C19H15FN2O2.C18H12ClFN2O2/c1-2-14-5-3-6-15(9-14)20(27)26-17-10-16(21(22,23)24)11-19(12-17)28-18-7-4-8-25-13-18;1-13-4-2-5-14(8-13)19(26)25-16-6-3-7-17(10-16)27-18-9-15(11-24-12-18)20(21,22)23;1-15-6-3-7-16(12-15)20(24)22-17-8-4-9-18(13-17)23(2)19-10-5-11-21-14-19;1-13-5-2-9-17(18(13)20)19(23)22-14-6-3-7-15(11-14)24-16-8-4-10-21-12-16;19-12-6-7-17(20)16(9-12)18(23)22-13-3-1-4-14(10-13)24-15-5-2-8-21-11-15/h1,3-13H,(H,26,27);2-12H,1H3,(H,25,26);3-14H,1-2H3,(H,22,24);2-12H,1H3,(H,22,23);1-11H,(H,22,23). The van der Waals surface area contributed by atoms with Crippen LogP contribution in [-0.2, 0) is 12.4 Å². The van der Waals surface area contributed by atoms with Crippen LogP contribution in [0.2, 0.25) is 5.02 Å². The van der Waals surface area contributed by atoms with E-state index < -0.39 is 52.8 Å². The lowest BCUT2D eigenvalue weighted by molar-refractivity contribution is -0.138. The number of halogens is 9. The number of anilines is 7. The molecule has 0 aliphatic heterocycles. The average molecular weight is 1740 g/mol. The van der Waals surface area contributed by atoms with Crippen LogP contribution < -0.4 is 50.4 Å². The molecule has 20 nitrogen and oxygen atoms in total. The molecule has 0 aliphatic rings. The van der Waals surface area contributed by atoms with Crippen molar-refractivity contribution < 1.29 is 78.0 Å². The van der Waals surface area contributed by atoms with Gasteiger partial charge in [-0.3, -0.25) is 48.9 Å². The molecule has 0 saturated carbocycles. The number of hydrogen-bond acceptors (Lipinski definition) is 15. The molecule has 5 aromatic heterocycles. The monoisotopic (exact) mass is 1740 g/mol. The van der Waals surface area contributed by atoms with Gasteiger partial charge in [0, 0.05) is 124 Å². The topological polar surface area (TPSA) is 250 Å². The number of amides is 5. The van der Waals surface area contributed by atoms with Crippen LogP contribution in [0.25, 0.3) is 0 Å². The van der Waals surface area contributed by atoms with E-state index in [0.717, 1.165) is 58.7 Å². The first kappa shape index (κ1) is 91.3. The van der Waals surface area contributed by atoms with Crippen molar-refractivity contribution in [1.29, 1.82) is 0 Å². The number of hydrogen-bond donors (Lipinski definition) is 5. The first-order chi connectivity index (χ1) is 61.0. The Balaban J connectivity index is 0.000000154. The van der Waals surface area contributed by atoms with E-state index in [1.807, 2.05) is 92.5 Å². The first-order valence-corrected chi connectivity index (χ1v) is 38.6. The molecule has 0 bridgehead atoms. The third-order valence-electron chi connectivity index (χ3n) is 17.6. The van der Waals surface area contributed by atoms with Gasteiger partial charge in [0.2, 0.25) is 0 Å². The molecule has 0 atom stereocenters. The predicted octanol–water partition coefficient (Wildman–Crippen LogP) is 24.5. The highest BCUT2D eigenvalue weighted by Gasteiger charge is 2.33. The van der Waals surface area contributed by atoms with Crippen molar-refractivity contribution in [3.63, 3.8) is 0 Å². The summed E-state index contributed by atoms with van der Waals surface area (Å²) in [6.07, 6.45) is 11.0. The second-order valence-electron chi connectivity index (χ2n) is 27.3. The zero-order chi connectivity index (χ0) is 90.4. The van der Waals surface area contributed by atoms with Crippen LogP contribution in [0.3, 0.4) is 0 Å². The SMILES string of the molecule is C#Cc1cccc(C(=O)Nc2cc(Oc3cccnc3)cc(C(F)(F)F)c2)c1.Cc1cccc(C(=O)Nc2cccc(N(C)c3cccnc3)c2)c1.Cc1cccc(C(=O)Nc2cccc(Oc3cccnc3)c2)c1F.Cc1cccc(C(=O)Nc2cccc(Oc3cncc(C(F)(F)F)c3)c2)c1.O=C(Nc1cccc(Oc2cccnc2)c1)c1cc(Cl)ccc1F. The number of aryl methyl sites for hydroxylation is 3. The zero-order valence-corrected chi connectivity index (χ0v) is 68.4. The van der Waals surface area contributed by atoms with E-state index in [2.05, 4.69) is 57.4 Å². The number of aromatic nitrogens is 5. The summed E-state index contributed by atoms with van der Waals surface area (Å²) >= 11 is 5.81. The number of carbonyl (C=O) groups excluding carboxylic acids is 5. The lowest BCUT2D eigenvalue weighted by atomic mass is 10.1. The molecule has 0 radical (unpaired) electrons. The van der Waals surface area contributed by atoms with Gasteiger partial charge >= 0.3 is 12.4 Å². The Hall–Kier alpha value is -16.4. The Labute approximate surface area is 728 Å². The zero-order valence-electron chi connectivity index (χ0n) is 67.7. The quantitative estimate of drug-likeness (QED) is 0.0351. The molecule has 0 spiro atoms. The minimum Gasteiger partial charge on any atom is -0.456 e. The highest BCUT2D eigenvalue weighted by atomic mass is 35.5. The molecule has 15 rings (SSSR count). The van der Waals surface area contributed by atoms with Gasteiger partial charge in [0.1, 0.15) is 57.6 Å². The van der Waals surface area contributed by atoms with Crippen LogP contribution in [0.15, 0.2) is 341 Å². The fraction of sp³-hybridized carbons (Fsp3) is 0.0612. The maximum atomic E-state index is 14.0. The van der Waals surface area contributed by atoms with Crippen molar-refractivity contribution in [2.45, 2.75) is 33.1 Å². The molecule has 127 heavy (non-hydrogen) atoms. The van der Waals surface area contributed by atoms with E-state index in [1.54, 1.807) is 190 Å². The van der Waals surface area contributed by atoms with Gasteiger partial charge in [0.05, 0.1) is 58.9 Å². The first-order valence-electron chi connectivity index (χ1n) is 38.2. The van der Waals surface area contributed by atoms with Crippen LogP contribution in [0, 0.1) is 44.7 Å². The van der Waals surface area contributed by atoms with E-state index in [-0.39, 0.29) is 62.2 Å². The largest absolute Gasteiger partial charge is 0.456 e. The predicted molar refractivity (Wildman–Crippen MR) is 471 cm³/mol. The Kier molecular flexibility index (Phi) is 31.6. The third-order valence-corrected chi connectivity index (χ3v) is 17.9. The molecular weight excluding hydrogens is 1660 g/mol. The van der Waals surface area contributed by atoms with Gasteiger partial charge in [-0.15, -0.1) is 6.42 Å². The van der Waals surface area contributed by atoms with Crippen LogP contribution in [0.5, 0.6) is 46.0 Å². The van der Waals surface area contributed by atoms with Gasteiger partial charge in [-0.05, 0) is 214 Å². The summed E-state index contributed by atoms with van der Waals surface area (Å²) in [6, 6.07) is 75.1. The summed E-state index contributed by atoms with van der Waals surface area (Å²) in [5.74, 6) is 1.78. The van der Waals surface area contributed by atoms with Gasteiger partial charge < -0.3 is 50.4 Å². The van der Waals surface area contributed by atoms with Crippen LogP contribution in [-0.4, -0.2) is 61.5 Å². The van der Waals surface area contributed by atoms with Crippen molar-refractivity contribution in [1.82, 2.24) is 24.9 Å². The Bertz CT molecular complexity index is 6280. The molecule has 638 valence electrons. The number of alkyl halides is 6. The van der Waals surface area contributed by atoms with E-state index in [1.165, 1.54) is 61.1 Å². The summed E-state index contributed by atoms with van der Waals surface area (Å²) in [6.45, 7) is 5.48. The smallest absolute Gasteiger partial charge is 0.418 e. The summed E-state index contributed by atoms with van der Waals surface area (Å²) in [7, 11) is 1.97. The summed E-state index contributed by atoms with van der Waals surface area (Å²) < 4.78 is 128. The normalized spacial score (nSPS) is 10.6. The molecule has 5 amide bonds. The number of ether oxygens (including phenoxy) is 4. The minimum absolute atomic E-state index is 0.00795. The van der Waals surface area contributed by atoms with E-state index >= 15 is 0 Å². The van der Waals surface area contributed by atoms with Crippen molar-refractivity contribution in [2.24, 2.45) is 0 Å². The number of pyridine rings is 5. The Morgan fingerprint density at radius 1 is 0.354 bits per heavy atom. The molecule has 10 aromatic carbocycles. The number of carbonyl (C=O) groups is 5. The van der Waals surface area contributed by atoms with Crippen molar-refractivity contribution in [3.05, 3.63) is 419 Å². The molecule has 0 fully saturated rings. The molecule has 15 aromatic rings. The number of terminal acetylenes is 1. The van der Waals surface area contributed by atoms with E-state index in [0.29, 0.717) is 62.3 Å².